The number of nitrogens with two attached hydrogens (primary N) is 1. The number of unbranched alkanes of at least 4 members (excludes halogenated alkanes) is 4. The average molecular weight is 439 g/mol. The van der Waals surface area contributed by atoms with Crippen molar-refractivity contribution in [3.8, 4) is 0 Å². The first kappa shape index (κ1) is 22.9. The Morgan fingerprint density at radius 3 is 2.30 bits per heavy atom. The molecular weight excluding hydrogens is 401 g/mol. The number of piperazine rings is 1. The van der Waals surface area contributed by atoms with Gasteiger partial charge in [-0.3, -0.25) is 4.99 Å². The zero-order chi connectivity index (χ0) is 16.0. The predicted molar refractivity (Wildman–Crippen MR) is 112 cm³/mol. The molecule has 0 bridgehead atoms. The van der Waals surface area contributed by atoms with Gasteiger partial charge in [-0.25, -0.2) is 0 Å². The largest absolute Gasteiger partial charge is 0.370 e. The van der Waals surface area contributed by atoms with Crippen LogP contribution >= 0.6 is 24.0 Å². The first-order chi connectivity index (χ1) is 10.8. The maximum absolute atomic E-state index is 5.87. The molecule has 1 rings (SSSR count). The fourth-order valence-corrected chi connectivity index (χ4v) is 2.80. The number of nitrogens with zero attached hydrogens (tertiary/aromatic N) is 3. The zero-order valence-corrected chi connectivity index (χ0v) is 17.6. The summed E-state index contributed by atoms with van der Waals surface area (Å²) >= 11 is 0. The van der Waals surface area contributed by atoms with Crippen molar-refractivity contribution in [2.24, 2.45) is 10.7 Å². The molecule has 0 unspecified atom stereocenters. The number of hydrogen-bond donors (Lipinski definition) is 2. The summed E-state index contributed by atoms with van der Waals surface area (Å²) in [5.74, 6) is 0.619. The van der Waals surface area contributed by atoms with Crippen LogP contribution in [0.5, 0.6) is 0 Å². The minimum atomic E-state index is 0. The highest BCUT2D eigenvalue weighted by Gasteiger charge is 2.14. The fraction of sp³-hybridized carbons (Fsp3) is 0.941. The number of rotatable bonds is 11. The highest BCUT2D eigenvalue weighted by atomic mass is 127. The second-order valence-corrected chi connectivity index (χ2v) is 6.24. The van der Waals surface area contributed by atoms with E-state index in [2.05, 4.69) is 34.0 Å². The molecule has 6 heteroatoms. The predicted octanol–water partition coefficient (Wildman–Crippen LogP) is 2.51. The Labute approximate surface area is 160 Å². The molecule has 1 saturated heterocycles. The molecule has 0 saturated carbocycles. The minimum absolute atomic E-state index is 0. The summed E-state index contributed by atoms with van der Waals surface area (Å²) in [6.07, 6.45) is 7.39. The maximum atomic E-state index is 5.87. The second kappa shape index (κ2) is 15.4. The third-order valence-electron chi connectivity index (χ3n) is 4.41. The van der Waals surface area contributed by atoms with Gasteiger partial charge in [0.05, 0.1) is 0 Å². The van der Waals surface area contributed by atoms with Gasteiger partial charge in [-0.15, -0.1) is 24.0 Å². The van der Waals surface area contributed by atoms with E-state index in [0.717, 1.165) is 19.5 Å². The fourth-order valence-electron chi connectivity index (χ4n) is 2.80. The van der Waals surface area contributed by atoms with Crippen LogP contribution in [0.2, 0.25) is 0 Å². The summed E-state index contributed by atoms with van der Waals surface area (Å²) in [4.78, 5) is 9.47. The number of nitrogens with one attached hydrogen (secondary N) is 1. The van der Waals surface area contributed by atoms with Crippen molar-refractivity contribution < 1.29 is 0 Å². The Hall–Kier alpha value is -0.0800. The summed E-state index contributed by atoms with van der Waals surface area (Å²) in [5, 5.41) is 3.23. The van der Waals surface area contributed by atoms with E-state index in [1.807, 2.05) is 0 Å². The van der Waals surface area contributed by atoms with Gasteiger partial charge in [0.15, 0.2) is 5.96 Å². The molecule has 0 aromatic heterocycles. The van der Waals surface area contributed by atoms with Gasteiger partial charge in [0, 0.05) is 39.3 Å². The van der Waals surface area contributed by atoms with Gasteiger partial charge < -0.3 is 20.9 Å². The van der Waals surface area contributed by atoms with Gasteiger partial charge >= 0.3 is 0 Å². The number of likely N-dealkylation sites (N-methyl/N-ethyl adjacent to an activating group) is 1. The molecule has 1 aliphatic heterocycles. The van der Waals surface area contributed by atoms with Gasteiger partial charge in [-0.1, -0.05) is 33.1 Å². The Bertz CT molecular complexity index is 291. The summed E-state index contributed by atoms with van der Waals surface area (Å²) < 4.78 is 0. The normalized spacial score (nSPS) is 17.0. The van der Waals surface area contributed by atoms with Crippen molar-refractivity contribution in [2.75, 3.05) is 52.4 Å². The summed E-state index contributed by atoms with van der Waals surface area (Å²) in [6, 6.07) is 0. The smallest absolute Gasteiger partial charge is 0.188 e. The first-order valence-corrected chi connectivity index (χ1v) is 9.24. The van der Waals surface area contributed by atoms with E-state index in [-0.39, 0.29) is 24.0 Å². The maximum Gasteiger partial charge on any atom is 0.188 e. The van der Waals surface area contributed by atoms with Crippen molar-refractivity contribution >= 4 is 29.9 Å². The van der Waals surface area contributed by atoms with E-state index in [1.165, 1.54) is 71.4 Å². The molecule has 1 heterocycles. The van der Waals surface area contributed by atoms with Crippen molar-refractivity contribution in [1.29, 1.82) is 0 Å². The van der Waals surface area contributed by atoms with E-state index in [9.17, 15) is 0 Å². The average Bonchev–Trinajstić information content (AvgIpc) is 2.55. The van der Waals surface area contributed by atoms with Crippen molar-refractivity contribution in [1.82, 2.24) is 15.1 Å². The Morgan fingerprint density at radius 1 is 0.957 bits per heavy atom. The second-order valence-electron chi connectivity index (χ2n) is 6.24. The third-order valence-corrected chi connectivity index (χ3v) is 4.41. The SMILES string of the molecule is CCCCCCN=C(N)NCCCCN1CCN(CC)CC1.I. The van der Waals surface area contributed by atoms with Crippen LogP contribution in [0.15, 0.2) is 4.99 Å². The lowest BCUT2D eigenvalue weighted by Crippen LogP contribution is -2.46. The Morgan fingerprint density at radius 2 is 1.65 bits per heavy atom. The van der Waals surface area contributed by atoms with Crippen LogP contribution in [0, 0.1) is 0 Å². The molecule has 0 radical (unpaired) electrons. The van der Waals surface area contributed by atoms with E-state index >= 15 is 0 Å². The highest BCUT2D eigenvalue weighted by Crippen LogP contribution is 2.03. The molecule has 23 heavy (non-hydrogen) atoms. The van der Waals surface area contributed by atoms with Gasteiger partial charge in [0.25, 0.3) is 0 Å². The van der Waals surface area contributed by atoms with Gasteiger partial charge in [0.1, 0.15) is 0 Å². The molecule has 138 valence electrons. The van der Waals surface area contributed by atoms with E-state index in [4.69, 9.17) is 5.73 Å². The van der Waals surface area contributed by atoms with Crippen LogP contribution in [0.25, 0.3) is 0 Å². The van der Waals surface area contributed by atoms with Crippen LogP contribution in [0.3, 0.4) is 0 Å². The lowest BCUT2D eigenvalue weighted by Gasteiger charge is -2.33. The summed E-state index contributed by atoms with van der Waals surface area (Å²) in [5.41, 5.74) is 5.87. The summed E-state index contributed by atoms with van der Waals surface area (Å²) in [6.45, 7) is 13.6. The van der Waals surface area contributed by atoms with Crippen molar-refractivity contribution in [3.63, 3.8) is 0 Å². The van der Waals surface area contributed by atoms with Crippen LogP contribution < -0.4 is 11.1 Å². The zero-order valence-electron chi connectivity index (χ0n) is 15.2. The minimum Gasteiger partial charge on any atom is -0.370 e. The molecule has 5 nitrogen and oxygen atoms in total. The van der Waals surface area contributed by atoms with Gasteiger partial charge in [-0.05, 0) is 32.4 Å². The van der Waals surface area contributed by atoms with Crippen LogP contribution in [0.1, 0.15) is 52.4 Å². The van der Waals surface area contributed by atoms with Gasteiger partial charge in [-0.2, -0.15) is 0 Å². The van der Waals surface area contributed by atoms with Crippen molar-refractivity contribution in [3.05, 3.63) is 0 Å². The molecule has 1 fully saturated rings. The number of halogens is 1. The molecule has 3 N–H and O–H groups in total. The molecule has 1 aliphatic rings. The highest BCUT2D eigenvalue weighted by molar-refractivity contribution is 14.0. The lowest BCUT2D eigenvalue weighted by atomic mass is 10.2. The van der Waals surface area contributed by atoms with Gasteiger partial charge in [0.2, 0.25) is 0 Å². The van der Waals surface area contributed by atoms with E-state index in [0.29, 0.717) is 5.96 Å². The monoisotopic (exact) mass is 439 g/mol. The number of guanidine groups is 1. The molecule has 0 aliphatic carbocycles. The van der Waals surface area contributed by atoms with E-state index < -0.39 is 0 Å². The summed E-state index contributed by atoms with van der Waals surface area (Å²) in [7, 11) is 0. The van der Waals surface area contributed by atoms with E-state index in [1.54, 1.807) is 0 Å². The third kappa shape index (κ3) is 12.0. The Balaban J connectivity index is 0.00000484. The van der Waals surface area contributed by atoms with Crippen LogP contribution in [-0.2, 0) is 0 Å². The Kier molecular flexibility index (Phi) is 15.4. The first-order valence-electron chi connectivity index (χ1n) is 9.24. The lowest BCUT2D eigenvalue weighted by molar-refractivity contribution is 0.136. The topological polar surface area (TPSA) is 56.9 Å². The quantitative estimate of drug-likeness (QED) is 0.225. The van der Waals surface area contributed by atoms with Crippen molar-refractivity contribution in [2.45, 2.75) is 52.4 Å². The molecule has 0 aromatic carbocycles. The molecule has 0 atom stereocenters. The molecular formula is C17H38IN5. The molecule has 0 spiro atoms. The standard InChI is InChI=1S/C17H37N5.HI/c1-3-5-6-7-10-19-17(18)20-11-8-9-12-22-15-13-21(4-2)14-16-22;/h3-16H2,1-2H3,(H3,18,19,20);1H. The number of hydrogen-bond acceptors (Lipinski definition) is 3. The molecule has 0 aromatic rings. The molecule has 0 amide bonds. The van der Waals surface area contributed by atoms with Crippen LogP contribution in [-0.4, -0.2) is 68.1 Å². The van der Waals surface area contributed by atoms with Crippen LogP contribution in [0.4, 0.5) is 0 Å². The number of aliphatic imine (C=N–C) groups is 1.